The number of hydrogen-bond acceptors (Lipinski definition) is 4. The standard InChI is InChI=1S/C20H27NO4S2/c1-4-5-6-18(15-25-26(22)19-11-7-16(2)8-12-19)21-27(23,24)20-13-9-17(3)10-14-20/h7-14,18,21H,4-6,15H2,1-3H3/t18-,26?/m1/s1. The van der Waals surface area contributed by atoms with Gasteiger partial charge in [0.05, 0.1) is 16.4 Å². The van der Waals surface area contributed by atoms with Crippen molar-refractivity contribution in [3.05, 3.63) is 59.7 Å². The second-order valence-corrected chi connectivity index (χ2v) is 9.50. The topological polar surface area (TPSA) is 72.5 Å². The number of rotatable bonds is 10. The monoisotopic (exact) mass is 409 g/mol. The Bertz CT molecular complexity index is 847. The Balaban J connectivity index is 2.04. The summed E-state index contributed by atoms with van der Waals surface area (Å²) in [7, 11) is -3.65. The first-order valence-electron chi connectivity index (χ1n) is 9.02. The van der Waals surface area contributed by atoms with Crippen LogP contribution in [0.4, 0.5) is 0 Å². The molecular formula is C20H27NO4S2. The van der Waals surface area contributed by atoms with E-state index in [1.54, 1.807) is 36.4 Å². The van der Waals surface area contributed by atoms with Crippen LogP contribution in [-0.4, -0.2) is 25.3 Å². The molecule has 0 aromatic heterocycles. The quantitative estimate of drug-likeness (QED) is 0.646. The van der Waals surface area contributed by atoms with Crippen LogP contribution < -0.4 is 4.72 Å². The van der Waals surface area contributed by atoms with Crippen molar-refractivity contribution in [3.63, 3.8) is 0 Å². The summed E-state index contributed by atoms with van der Waals surface area (Å²) < 4.78 is 45.7. The minimum Gasteiger partial charge on any atom is -0.285 e. The highest BCUT2D eigenvalue weighted by atomic mass is 32.2. The fourth-order valence-electron chi connectivity index (χ4n) is 2.49. The van der Waals surface area contributed by atoms with Crippen LogP contribution in [-0.2, 0) is 25.3 Å². The molecular weight excluding hydrogens is 382 g/mol. The van der Waals surface area contributed by atoms with Crippen molar-refractivity contribution < 1.29 is 16.8 Å². The van der Waals surface area contributed by atoms with Crippen molar-refractivity contribution in [3.8, 4) is 0 Å². The second-order valence-electron chi connectivity index (χ2n) is 6.61. The van der Waals surface area contributed by atoms with Crippen molar-refractivity contribution >= 4 is 21.1 Å². The number of benzene rings is 2. The molecule has 5 nitrogen and oxygen atoms in total. The van der Waals surface area contributed by atoms with Crippen molar-refractivity contribution in [2.24, 2.45) is 0 Å². The molecule has 2 atom stereocenters. The fourth-order valence-corrected chi connectivity index (χ4v) is 4.53. The van der Waals surface area contributed by atoms with Gasteiger partial charge in [0, 0.05) is 6.04 Å². The number of unbranched alkanes of at least 4 members (excludes halogenated alkanes) is 1. The molecule has 2 aromatic rings. The van der Waals surface area contributed by atoms with Crippen molar-refractivity contribution in [1.82, 2.24) is 4.72 Å². The van der Waals surface area contributed by atoms with Crippen LogP contribution in [0, 0.1) is 13.8 Å². The molecule has 1 unspecified atom stereocenters. The van der Waals surface area contributed by atoms with Gasteiger partial charge in [-0.1, -0.05) is 55.2 Å². The van der Waals surface area contributed by atoms with Gasteiger partial charge in [-0.3, -0.25) is 4.18 Å². The van der Waals surface area contributed by atoms with E-state index in [0.29, 0.717) is 11.3 Å². The molecule has 0 aliphatic rings. The van der Waals surface area contributed by atoms with Crippen molar-refractivity contribution in [2.75, 3.05) is 6.61 Å². The SMILES string of the molecule is CCCC[C@H](COS(=O)c1ccc(C)cc1)NS(=O)(=O)c1ccc(C)cc1. The number of hydrogen-bond donors (Lipinski definition) is 1. The van der Waals surface area contributed by atoms with Crippen molar-refractivity contribution in [1.29, 1.82) is 0 Å². The van der Waals surface area contributed by atoms with E-state index in [2.05, 4.69) is 4.72 Å². The lowest BCUT2D eigenvalue weighted by Crippen LogP contribution is -2.38. The van der Waals surface area contributed by atoms with Crippen LogP contribution in [0.25, 0.3) is 0 Å². The molecule has 0 aliphatic heterocycles. The molecule has 0 aliphatic carbocycles. The summed E-state index contributed by atoms with van der Waals surface area (Å²) in [4.78, 5) is 0.783. The van der Waals surface area contributed by atoms with Crippen LogP contribution in [0.3, 0.4) is 0 Å². The molecule has 0 saturated carbocycles. The van der Waals surface area contributed by atoms with Gasteiger partial charge in [0.25, 0.3) is 0 Å². The van der Waals surface area contributed by atoms with E-state index in [9.17, 15) is 12.6 Å². The molecule has 148 valence electrons. The Labute approximate surface area is 164 Å². The molecule has 27 heavy (non-hydrogen) atoms. The number of nitrogens with one attached hydrogen (secondary N) is 1. The first kappa shape index (κ1) is 21.8. The average Bonchev–Trinajstić information content (AvgIpc) is 2.64. The van der Waals surface area contributed by atoms with Crippen LogP contribution in [0.15, 0.2) is 58.3 Å². The summed E-state index contributed by atoms with van der Waals surface area (Å²) >= 11 is -1.63. The van der Waals surface area contributed by atoms with Gasteiger partial charge < -0.3 is 0 Å². The van der Waals surface area contributed by atoms with E-state index in [1.807, 2.05) is 32.9 Å². The van der Waals surface area contributed by atoms with Gasteiger partial charge in [-0.15, -0.1) is 0 Å². The van der Waals surface area contributed by atoms with Crippen LogP contribution in [0.2, 0.25) is 0 Å². The molecule has 0 heterocycles. The Hall–Kier alpha value is -1.54. The smallest absolute Gasteiger partial charge is 0.240 e. The molecule has 0 radical (unpaired) electrons. The summed E-state index contributed by atoms with van der Waals surface area (Å²) in [5.74, 6) is 0. The minimum atomic E-state index is -3.65. The lowest BCUT2D eigenvalue weighted by Gasteiger charge is -2.18. The van der Waals surface area contributed by atoms with Gasteiger partial charge in [0.1, 0.15) is 0 Å². The summed E-state index contributed by atoms with van der Waals surface area (Å²) in [6.07, 6.45) is 2.40. The zero-order valence-electron chi connectivity index (χ0n) is 16.0. The van der Waals surface area contributed by atoms with Gasteiger partial charge in [-0.2, -0.15) is 0 Å². The molecule has 2 rings (SSSR count). The highest BCUT2D eigenvalue weighted by Gasteiger charge is 2.21. The van der Waals surface area contributed by atoms with E-state index in [4.69, 9.17) is 4.18 Å². The predicted molar refractivity (Wildman–Crippen MR) is 108 cm³/mol. The summed E-state index contributed by atoms with van der Waals surface area (Å²) in [6.45, 7) is 5.94. The lowest BCUT2D eigenvalue weighted by molar-refractivity contribution is 0.293. The molecule has 0 amide bonds. The molecule has 7 heteroatoms. The maximum absolute atomic E-state index is 12.6. The van der Waals surface area contributed by atoms with E-state index in [-0.39, 0.29) is 11.5 Å². The molecule has 1 N–H and O–H groups in total. The maximum atomic E-state index is 12.6. The first-order chi connectivity index (χ1) is 12.8. The molecule has 0 fully saturated rings. The minimum absolute atomic E-state index is 0.0472. The Morgan fingerprint density at radius 1 is 1.00 bits per heavy atom. The van der Waals surface area contributed by atoms with E-state index < -0.39 is 27.1 Å². The second kappa shape index (κ2) is 10.1. The molecule has 0 saturated heterocycles. The maximum Gasteiger partial charge on any atom is 0.240 e. The Morgan fingerprint density at radius 2 is 1.56 bits per heavy atom. The normalized spacial score (nSPS) is 14.0. The molecule has 2 aromatic carbocycles. The summed E-state index contributed by atoms with van der Waals surface area (Å²) in [5, 5.41) is 0. The van der Waals surface area contributed by atoms with Crippen LogP contribution >= 0.6 is 0 Å². The lowest BCUT2D eigenvalue weighted by atomic mass is 10.1. The van der Waals surface area contributed by atoms with Gasteiger partial charge in [-0.05, 0) is 44.5 Å². The predicted octanol–water partition coefficient (Wildman–Crippen LogP) is 3.88. The number of sulfonamides is 1. The largest absolute Gasteiger partial charge is 0.285 e. The third-order valence-electron chi connectivity index (χ3n) is 4.15. The third-order valence-corrected chi connectivity index (χ3v) is 6.69. The van der Waals surface area contributed by atoms with Gasteiger partial charge in [0.2, 0.25) is 10.0 Å². The van der Waals surface area contributed by atoms with Gasteiger partial charge in [0.15, 0.2) is 11.1 Å². The van der Waals surface area contributed by atoms with Gasteiger partial charge in [-0.25, -0.2) is 17.3 Å². The third kappa shape index (κ3) is 6.84. The van der Waals surface area contributed by atoms with Crippen LogP contribution in [0.5, 0.6) is 0 Å². The highest BCUT2D eigenvalue weighted by molar-refractivity contribution is 7.89. The summed E-state index contributed by atoms with van der Waals surface area (Å²) in [5.41, 5.74) is 2.07. The first-order valence-corrected chi connectivity index (χ1v) is 11.6. The number of aryl methyl sites for hydroxylation is 2. The van der Waals surface area contributed by atoms with Crippen LogP contribution in [0.1, 0.15) is 37.3 Å². The van der Waals surface area contributed by atoms with E-state index in [0.717, 1.165) is 24.0 Å². The average molecular weight is 410 g/mol. The Morgan fingerprint density at radius 3 is 2.11 bits per heavy atom. The molecule has 0 bridgehead atoms. The zero-order valence-corrected chi connectivity index (χ0v) is 17.6. The van der Waals surface area contributed by atoms with E-state index >= 15 is 0 Å². The van der Waals surface area contributed by atoms with E-state index in [1.165, 1.54) is 0 Å². The fraction of sp³-hybridized carbons (Fsp3) is 0.400. The summed E-state index contributed by atoms with van der Waals surface area (Å²) in [6, 6.07) is 13.5. The Kier molecular flexibility index (Phi) is 8.16. The molecule has 0 spiro atoms. The zero-order chi connectivity index (χ0) is 19.9. The highest BCUT2D eigenvalue weighted by Crippen LogP contribution is 2.14. The van der Waals surface area contributed by atoms with Gasteiger partial charge >= 0.3 is 0 Å². The van der Waals surface area contributed by atoms with Crippen molar-refractivity contribution in [2.45, 2.75) is 55.9 Å².